The van der Waals surface area contributed by atoms with E-state index in [1.54, 1.807) is 16.4 Å². The average molecular weight is 326 g/mol. The van der Waals surface area contributed by atoms with Crippen molar-refractivity contribution in [3.63, 3.8) is 0 Å². The third-order valence-electron chi connectivity index (χ3n) is 3.84. The first-order chi connectivity index (χ1) is 10.8. The van der Waals surface area contributed by atoms with Crippen LogP contribution < -0.4 is 5.32 Å². The fourth-order valence-corrected chi connectivity index (χ4v) is 3.27. The molecular formula is C14H26N6OS. The normalized spacial score (nSPS) is 17.0. The first-order valence-electron chi connectivity index (χ1n) is 8.10. The van der Waals surface area contributed by atoms with Crippen LogP contribution in [-0.4, -0.2) is 62.9 Å². The van der Waals surface area contributed by atoms with E-state index in [0.29, 0.717) is 13.0 Å². The highest BCUT2D eigenvalue weighted by molar-refractivity contribution is 7.99. The SMILES string of the molecule is Cn1nnnc1SCCNC(=O)CCN1CCCCCCC1. The van der Waals surface area contributed by atoms with Crippen LogP contribution in [0.25, 0.3) is 0 Å². The number of nitrogens with one attached hydrogen (secondary N) is 1. The molecule has 22 heavy (non-hydrogen) atoms. The van der Waals surface area contributed by atoms with Crippen LogP contribution in [0.3, 0.4) is 0 Å². The second-order valence-corrected chi connectivity index (χ2v) is 6.70. The Hall–Kier alpha value is -1.15. The maximum atomic E-state index is 11.9. The van der Waals surface area contributed by atoms with Gasteiger partial charge in [-0.05, 0) is 36.4 Å². The van der Waals surface area contributed by atoms with E-state index in [1.165, 1.54) is 32.1 Å². The van der Waals surface area contributed by atoms with Gasteiger partial charge in [-0.3, -0.25) is 4.79 Å². The van der Waals surface area contributed by atoms with Gasteiger partial charge in [-0.15, -0.1) is 5.10 Å². The molecule has 7 nitrogen and oxygen atoms in total. The Balaban J connectivity index is 1.54. The van der Waals surface area contributed by atoms with Gasteiger partial charge in [-0.1, -0.05) is 31.0 Å². The first-order valence-corrected chi connectivity index (χ1v) is 9.08. The van der Waals surface area contributed by atoms with Crippen LogP contribution in [0.1, 0.15) is 38.5 Å². The van der Waals surface area contributed by atoms with Gasteiger partial charge in [0.2, 0.25) is 11.1 Å². The second-order valence-electron chi connectivity index (χ2n) is 5.64. The lowest BCUT2D eigenvalue weighted by Gasteiger charge is -2.24. The van der Waals surface area contributed by atoms with Crippen LogP contribution in [0.15, 0.2) is 5.16 Å². The van der Waals surface area contributed by atoms with Crippen molar-refractivity contribution < 1.29 is 4.79 Å². The lowest BCUT2D eigenvalue weighted by molar-refractivity contribution is -0.121. The van der Waals surface area contributed by atoms with Crippen molar-refractivity contribution in [2.45, 2.75) is 43.7 Å². The van der Waals surface area contributed by atoms with Crippen LogP contribution >= 0.6 is 11.8 Å². The van der Waals surface area contributed by atoms with Crippen molar-refractivity contribution in [3.05, 3.63) is 0 Å². The maximum absolute atomic E-state index is 11.9. The van der Waals surface area contributed by atoms with Gasteiger partial charge in [0, 0.05) is 32.3 Å². The highest BCUT2D eigenvalue weighted by Gasteiger charge is 2.10. The summed E-state index contributed by atoms with van der Waals surface area (Å²) in [6.07, 6.45) is 7.16. The van der Waals surface area contributed by atoms with Crippen LogP contribution in [0.4, 0.5) is 0 Å². The summed E-state index contributed by atoms with van der Waals surface area (Å²) in [5.74, 6) is 0.919. The number of carbonyl (C=O) groups is 1. The molecule has 2 rings (SSSR count). The standard InChI is InChI=1S/C14H26N6OS/c1-19-14(16-17-18-19)22-12-8-15-13(21)7-11-20-9-5-3-2-4-6-10-20/h2-12H2,1H3,(H,15,21). The molecule has 0 atom stereocenters. The number of aromatic nitrogens is 4. The van der Waals surface area contributed by atoms with E-state index in [2.05, 4.69) is 25.7 Å². The van der Waals surface area contributed by atoms with E-state index in [0.717, 1.165) is 30.5 Å². The molecule has 1 fully saturated rings. The highest BCUT2D eigenvalue weighted by Crippen LogP contribution is 2.11. The molecule has 0 aliphatic carbocycles. The summed E-state index contributed by atoms with van der Waals surface area (Å²) < 4.78 is 1.63. The first kappa shape index (κ1) is 17.2. The van der Waals surface area contributed by atoms with Gasteiger partial charge >= 0.3 is 0 Å². The van der Waals surface area contributed by atoms with Crippen molar-refractivity contribution in [2.75, 3.05) is 31.9 Å². The van der Waals surface area contributed by atoms with Gasteiger partial charge in [0.05, 0.1) is 0 Å². The van der Waals surface area contributed by atoms with Gasteiger partial charge in [-0.2, -0.15) is 0 Å². The molecular weight excluding hydrogens is 300 g/mol. The number of rotatable bonds is 7. The van der Waals surface area contributed by atoms with E-state index >= 15 is 0 Å². The average Bonchev–Trinajstić information content (AvgIpc) is 2.88. The number of tetrazole rings is 1. The summed E-state index contributed by atoms with van der Waals surface area (Å²) in [7, 11) is 1.81. The summed E-state index contributed by atoms with van der Waals surface area (Å²) in [6.45, 7) is 3.81. The Morgan fingerprint density at radius 2 is 1.95 bits per heavy atom. The Morgan fingerprint density at radius 1 is 1.23 bits per heavy atom. The number of likely N-dealkylation sites (tertiary alicyclic amines) is 1. The Bertz CT molecular complexity index is 444. The van der Waals surface area contributed by atoms with E-state index < -0.39 is 0 Å². The smallest absolute Gasteiger partial charge is 0.221 e. The van der Waals surface area contributed by atoms with Crippen LogP contribution in [0.5, 0.6) is 0 Å². The molecule has 8 heteroatoms. The minimum Gasteiger partial charge on any atom is -0.355 e. The fraction of sp³-hybridized carbons (Fsp3) is 0.857. The molecule has 0 radical (unpaired) electrons. The molecule has 0 spiro atoms. The Kier molecular flexibility index (Phi) is 7.65. The third kappa shape index (κ3) is 6.31. The molecule has 1 aromatic heterocycles. The van der Waals surface area contributed by atoms with Gasteiger partial charge in [0.25, 0.3) is 0 Å². The zero-order valence-electron chi connectivity index (χ0n) is 13.3. The summed E-state index contributed by atoms with van der Waals surface area (Å²) in [5, 5.41) is 15.0. The van der Waals surface area contributed by atoms with E-state index in [4.69, 9.17) is 0 Å². The minimum absolute atomic E-state index is 0.138. The molecule has 1 aliphatic heterocycles. The topological polar surface area (TPSA) is 75.9 Å². The molecule has 0 bridgehead atoms. The van der Waals surface area contributed by atoms with Gasteiger partial charge in [0.15, 0.2) is 0 Å². The number of hydrogen-bond acceptors (Lipinski definition) is 6. The van der Waals surface area contributed by atoms with Crippen LogP contribution in [0.2, 0.25) is 0 Å². The van der Waals surface area contributed by atoms with E-state index in [-0.39, 0.29) is 5.91 Å². The van der Waals surface area contributed by atoms with Gasteiger partial charge in [0.1, 0.15) is 0 Å². The van der Waals surface area contributed by atoms with Crippen LogP contribution in [0, 0.1) is 0 Å². The van der Waals surface area contributed by atoms with Crippen LogP contribution in [-0.2, 0) is 11.8 Å². The minimum atomic E-state index is 0.138. The molecule has 124 valence electrons. The zero-order valence-corrected chi connectivity index (χ0v) is 14.1. The monoisotopic (exact) mass is 326 g/mol. The van der Waals surface area contributed by atoms with E-state index in [1.807, 2.05) is 7.05 Å². The predicted octanol–water partition coefficient (Wildman–Crippen LogP) is 1.07. The molecule has 1 aromatic rings. The maximum Gasteiger partial charge on any atom is 0.221 e. The number of aryl methyl sites for hydroxylation is 1. The zero-order chi connectivity index (χ0) is 15.6. The quantitative estimate of drug-likeness (QED) is 0.597. The largest absolute Gasteiger partial charge is 0.355 e. The fourth-order valence-electron chi connectivity index (χ4n) is 2.56. The van der Waals surface area contributed by atoms with Crippen molar-refractivity contribution in [1.29, 1.82) is 0 Å². The van der Waals surface area contributed by atoms with Crippen molar-refractivity contribution in [2.24, 2.45) is 7.05 Å². The lowest BCUT2D eigenvalue weighted by Crippen LogP contribution is -2.33. The highest BCUT2D eigenvalue weighted by atomic mass is 32.2. The molecule has 2 heterocycles. The van der Waals surface area contributed by atoms with Gasteiger partial charge in [-0.25, -0.2) is 4.68 Å². The summed E-state index contributed by atoms with van der Waals surface area (Å²) in [4.78, 5) is 14.3. The molecule has 0 aromatic carbocycles. The Labute approximate surface area is 136 Å². The molecule has 0 saturated carbocycles. The number of amides is 1. The van der Waals surface area contributed by atoms with Crippen molar-refractivity contribution in [3.8, 4) is 0 Å². The lowest BCUT2D eigenvalue weighted by atomic mass is 10.1. The molecule has 0 unspecified atom stereocenters. The summed E-state index contributed by atoms with van der Waals surface area (Å²) in [5.41, 5.74) is 0. The number of hydrogen-bond donors (Lipinski definition) is 1. The van der Waals surface area contributed by atoms with Crippen molar-refractivity contribution in [1.82, 2.24) is 30.4 Å². The third-order valence-corrected chi connectivity index (χ3v) is 4.85. The summed E-state index contributed by atoms with van der Waals surface area (Å²) >= 11 is 1.55. The number of thioether (sulfide) groups is 1. The second kappa shape index (κ2) is 9.78. The number of nitrogens with zero attached hydrogens (tertiary/aromatic N) is 5. The molecule has 1 aliphatic rings. The molecule has 1 saturated heterocycles. The Morgan fingerprint density at radius 3 is 2.64 bits per heavy atom. The molecule has 1 amide bonds. The number of carbonyl (C=O) groups excluding carboxylic acids is 1. The van der Waals surface area contributed by atoms with Crippen molar-refractivity contribution >= 4 is 17.7 Å². The predicted molar refractivity (Wildman–Crippen MR) is 86.7 cm³/mol. The van der Waals surface area contributed by atoms with Gasteiger partial charge < -0.3 is 10.2 Å². The summed E-state index contributed by atoms with van der Waals surface area (Å²) in [6, 6.07) is 0. The molecule has 1 N–H and O–H groups in total. The van der Waals surface area contributed by atoms with E-state index in [9.17, 15) is 4.79 Å².